The maximum absolute atomic E-state index is 10.3. The molecule has 9 heteroatoms. The molecule has 0 amide bonds. The van der Waals surface area contributed by atoms with Gasteiger partial charge in [-0.05, 0) is 138 Å². The summed E-state index contributed by atoms with van der Waals surface area (Å²) in [5, 5.41) is 47.5. The third kappa shape index (κ3) is 9.28. The topological polar surface area (TPSA) is 136 Å². The molecule has 438 valence electrons. The SMILES string of the molecule is N#Cc1cc(C#N)cc(-c2ccc3c(c2)c2cc(-c4cc(C#N)cc(C#N)c4)ccc2n3-c2c(-c3ccccc3-n3c4ccccc4c4ccccc43)cc(-c3nc(-c4ccccc4)cc(-c4ccccc4)n3)cc2-c2ccccc2-n2c3ccccc3c3ccccc32)c1. The van der Waals surface area contributed by atoms with Crippen molar-refractivity contribution in [3.05, 3.63) is 320 Å². The zero-order valence-corrected chi connectivity index (χ0v) is 50.8. The first-order valence-corrected chi connectivity index (χ1v) is 31.3. The van der Waals surface area contributed by atoms with Crippen LogP contribution < -0.4 is 0 Å². The molecule has 0 saturated heterocycles. The average Bonchev–Trinajstić information content (AvgIpc) is 1.64. The Morgan fingerprint density at radius 2 is 0.568 bits per heavy atom. The fraction of sp³-hybridized carbons (Fsp3) is 0. The zero-order chi connectivity index (χ0) is 63.7. The van der Waals surface area contributed by atoms with Gasteiger partial charge in [-0.1, -0.05) is 182 Å². The van der Waals surface area contributed by atoms with Gasteiger partial charge in [-0.15, -0.1) is 0 Å². The molecule has 0 atom stereocenters. The Hall–Kier alpha value is -13.7. The molecule has 17 aromatic rings. The van der Waals surface area contributed by atoms with Crippen LogP contribution in [0.5, 0.6) is 0 Å². The third-order valence-corrected chi connectivity index (χ3v) is 18.3. The minimum atomic E-state index is 0.377. The number of hydrogen-bond donors (Lipinski definition) is 0. The minimum absolute atomic E-state index is 0.377. The van der Waals surface area contributed by atoms with E-state index in [1.807, 2.05) is 60.7 Å². The second kappa shape index (κ2) is 22.7. The van der Waals surface area contributed by atoms with Crippen molar-refractivity contribution in [2.24, 2.45) is 0 Å². The number of fused-ring (bicyclic) bond motifs is 9. The van der Waals surface area contributed by atoms with Crippen LogP contribution in [0.1, 0.15) is 22.3 Å². The summed E-state index contributed by atoms with van der Waals surface area (Å²) in [4.78, 5) is 11.2. The number of hydrogen-bond acceptors (Lipinski definition) is 6. The molecule has 95 heavy (non-hydrogen) atoms. The second-order valence-electron chi connectivity index (χ2n) is 23.7. The molecular formula is C86H49N9. The number of benzene rings is 13. The van der Waals surface area contributed by atoms with E-state index in [9.17, 15) is 21.0 Å². The van der Waals surface area contributed by atoms with Crippen molar-refractivity contribution < 1.29 is 0 Å². The van der Waals surface area contributed by atoms with Crippen molar-refractivity contribution in [1.82, 2.24) is 23.7 Å². The highest BCUT2D eigenvalue weighted by molar-refractivity contribution is 6.15. The number of nitrogens with zero attached hydrogens (tertiary/aromatic N) is 9. The third-order valence-electron chi connectivity index (χ3n) is 18.3. The van der Waals surface area contributed by atoms with E-state index < -0.39 is 0 Å². The lowest BCUT2D eigenvalue weighted by Crippen LogP contribution is -2.06. The van der Waals surface area contributed by atoms with E-state index >= 15 is 0 Å². The van der Waals surface area contributed by atoms with Gasteiger partial charge < -0.3 is 13.7 Å². The first kappa shape index (κ1) is 55.4. The summed E-state index contributed by atoms with van der Waals surface area (Å²) >= 11 is 0. The largest absolute Gasteiger partial charge is 0.309 e. The summed E-state index contributed by atoms with van der Waals surface area (Å²) in [5.74, 6) is 0.534. The lowest BCUT2D eigenvalue weighted by Gasteiger charge is -2.24. The van der Waals surface area contributed by atoms with Crippen LogP contribution in [0.3, 0.4) is 0 Å². The predicted molar refractivity (Wildman–Crippen MR) is 382 cm³/mol. The molecule has 0 aliphatic heterocycles. The van der Waals surface area contributed by atoms with Crippen LogP contribution in [-0.4, -0.2) is 23.7 Å². The van der Waals surface area contributed by atoms with Crippen LogP contribution in [0.25, 0.3) is 161 Å². The van der Waals surface area contributed by atoms with Crippen LogP contribution in [0, 0.1) is 45.3 Å². The van der Waals surface area contributed by atoms with Crippen molar-refractivity contribution in [1.29, 1.82) is 21.0 Å². The average molecular weight is 1210 g/mol. The summed E-state index contributed by atoms with van der Waals surface area (Å²) in [6.45, 7) is 0. The molecule has 0 fully saturated rings. The summed E-state index contributed by atoms with van der Waals surface area (Å²) < 4.78 is 7.18. The monoisotopic (exact) mass is 1210 g/mol. The van der Waals surface area contributed by atoms with Crippen molar-refractivity contribution in [2.45, 2.75) is 0 Å². The van der Waals surface area contributed by atoms with Gasteiger partial charge in [0.25, 0.3) is 0 Å². The predicted octanol–water partition coefficient (Wildman–Crippen LogP) is 20.9. The summed E-state index contributed by atoms with van der Waals surface area (Å²) in [7, 11) is 0. The molecule has 0 saturated carbocycles. The Morgan fingerprint density at radius 1 is 0.232 bits per heavy atom. The zero-order valence-electron chi connectivity index (χ0n) is 50.8. The van der Waals surface area contributed by atoms with Crippen molar-refractivity contribution in [3.63, 3.8) is 0 Å². The Labute approximate surface area is 546 Å². The number of rotatable bonds is 10. The molecule has 0 aliphatic carbocycles. The van der Waals surface area contributed by atoms with Gasteiger partial charge in [-0.25, -0.2) is 9.97 Å². The van der Waals surface area contributed by atoms with Gasteiger partial charge in [0.2, 0.25) is 0 Å². The van der Waals surface area contributed by atoms with Crippen LogP contribution in [0.4, 0.5) is 0 Å². The van der Waals surface area contributed by atoms with Gasteiger partial charge in [0.1, 0.15) is 0 Å². The quantitative estimate of drug-likeness (QED) is 0.134. The van der Waals surface area contributed by atoms with Crippen molar-refractivity contribution in [3.8, 4) is 120 Å². The molecule has 17 rings (SSSR count). The maximum Gasteiger partial charge on any atom is 0.160 e. The van der Waals surface area contributed by atoms with E-state index in [-0.39, 0.29) is 0 Å². The molecule has 0 radical (unpaired) electrons. The standard InChI is InChI=1S/C86H49N9/c87-50-54-39-55(51-88)42-62(41-54)60-35-37-83-71(45-60)72-46-61(63-43-56(52-89)40-57(44-63)53-90)36-38-84(72)95(83)85-73(69-27-11-17-33-81(69)93-77-29-13-7-23-65(77)66-24-8-14-30-78(66)93)47-64(86-91-75(58-19-3-1-4-20-58)49-76(92-86)59-21-5-2-6-22-59)48-74(85)70-28-12-18-34-82(70)94-79-31-15-9-25-67(79)68-26-10-16-32-80(68)94/h1-49H. The van der Waals surface area contributed by atoms with Gasteiger partial charge in [0.15, 0.2) is 5.82 Å². The normalized spacial score (nSPS) is 11.3. The van der Waals surface area contributed by atoms with Crippen LogP contribution in [0.2, 0.25) is 0 Å². The molecule has 0 spiro atoms. The van der Waals surface area contributed by atoms with E-state index in [0.29, 0.717) is 28.1 Å². The Kier molecular flexibility index (Phi) is 13.2. The molecule has 4 heterocycles. The first-order chi connectivity index (χ1) is 46.9. The lowest BCUT2D eigenvalue weighted by atomic mass is 9.90. The molecule has 4 aromatic heterocycles. The molecule has 0 N–H and O–H groups in total. The Bertz CT molecular complexity index is 5680. The number of nitriles is 4. The molecule has 0 bridgehead atoms. The fourth-order valence-electron chi connectivity index (χ4n) is 14.1. The molecular weight excluding hydrogens is 1160 g/mol. The molecule has 0 aliphatic rings. The van der Waals surface area contributed by atoms with Gasteiger partial charge in [-0.2, -0.15) is 21.0 Å². The molecule has 13 aromatic carbocycles. The fourth-order valence-corrected chi connectivity index (χ4v) is 14.1. The van der Waals surface area contributed by atoms with E-state index in [0.717, 1.165) is 155 Å². The highest BCUT2D eigenvalue weighted by Gasteiger charge is 2.28. The van der Waals surface area contributed by atoms with Gasteiger partial charge >= 0.3 is 0 Å². The maximum atomic E-state index is 10.3. The smallest absolute Gasteiger partial charge is 0.160 e. The summed E-state index contributed by atoms with van der Waals surface area (Å²) in [5.41, 5.74) is 21.2. The van der Waals surface area contributed by atoms with Gasteiger partial charge in [0, 0.05) is 71.3 Å². The van der Waals surface area contributed by atoms with E-state index in [4.69, 9.17) is 9.97 Å². The van der Waals surface area contributed by atoms with Crippen LogP contribution >= 0.6 is 0 Å². The van der Waals surface area contributed by atoms with Gasteiger partial charge in [-0.3, -0.25) is 0 Å². The highest BCUT2D eigenvalue weighted by Crippen LogP contribution is 2.49. The number of para-hydroxylation sites is 6. The van der Waals surface area contributed by atoms with E-state index in [1.54, 1.807) is 12.1 Å². The van der Waals surface area contributed by atoms with Crippen LogP contribution in [0.15, 0.2) is 297 Å². The molecule has 9 nitrogen and oxygen atoms in total. The van der Waals surface area contributed by atoms with Crippen molar-refractivity contribution >= 4 is 65.4 Å². The molecule has 0 unspecified atom stereocenters. The Balaban J connectivity index is 1.07. The first-order valence-electron chi connectivity index (χ1n) is 31.3. The highest BCUT2D eigenvalue weighted by atomic mass is 15.0. The van der Waals surface area contributed by atoms with Crippen molar-refractivity contribution in [2.75, 3.05) is 0 Å². The van der Waals surface area contributed by atoms with Gasteiger partial charge in [0.05, 0.1) is 108 Å². The summed E-state index contributed by atoms with van der Waals surface area (Å²) in [6.07, 6.45) is 0. The van der Waals surface area contributed by atoms with Crippen LogP contribution in [-0.2, 0) is 0 Å². The second-order valence-corrected chi connectivity index (χ2v) is 23.7. The van der Waals surface area contributed by atoms with E-state index in [1.165, 1.54) is 0 Å². The number of aromatic nitrogens is 5. The minimum Gasteiger partial charge on any atom is -0.309 e. The van der Waals surface area contributed by atoms with E-state index in [2.05, 4.69) is 262 Å². The lowest BCUT2D eigenvalue weighted by molar-refractivity contribution is 1.15. The summed E-state index contributed by atoms with van der Waals surface area (Å²) in [6, 6.07) is 111. The Morgan fingerprint density at radius 3 is 0.947 bits per heavy atom.